The maximum Gasteiger partial charge on any atom is 0.225 e. The lowest BCUT2D eigenvalue weighted by atomic mass is 10.1. The number of rotatable bonds is 8. The summed E-state index contributed by atoms with van der Waals surface area (Å²) >= 11 is 0. The number of likely N-dealkylation sites (N-methyl/N-ethyl adjacent to an activating group) is 1. The van der Waals surface area contributed by atoms with Gasteiger partial charge in [0.15, 0.2) is 0 Å². The Hall–Kier alpha value is -1.20. The molecule has 0 spiro atoms. The lowest BCUT2D eigenvalue weighted by Gasteiger charge is -2.28. The molecule has 20 heavy (non-hydrogen) atoms. The number of aliphatic hydroxyl groups is 1. The Kier molecular flexibility index (Phi) is 6.36. The van der Waals surface area contributed by atoms with Crippen molar-refractivity contribution in [3.8, 4) is 0 Å². The van der Waals surface area contributed by atoms with E-state index in [-0.39, 0.29) is 0 Å². The third kappa shape index (κ3) is 6.30. The lowest BCUT2D eigenvalue weighted by molar-refractivity contribution is 0.0872. The molecule has 0 unspecified atom stereocenters. The number of aromatic nitrogens is 2. The molecular weight excluding hydrogens is 252 g/mol. The first-order valence-electron chi connectivity index (χ1n) is 7.30. The van der Waals surface area contributed by atoms with Crippen LogP contribution in [-0.4, -0.2) is 40.3 Å². The van der Waals surface area contributed by atoms with Crippen LogP contribution in [-0.2, 0) is 6.54 Å². The Labute approximate surface area is 122 Å². The third-order valence-electron chi connectivity index (χ3n) is 2.82. The highest BCUT2D eigenvalue weighted by molar-refractivity contribution is 5.30. The van der Waals surface area contributed by atoms with Gasteiger partial charge in [-0.25, -0.2) is 9.97 Å². The van der Waals surface area contributed by atoms with Crippen molar-refractivity contribution < 1.29 is 5.11 Å². The van der Waals surface area contributed by atoms with E-state index in [0.717, 1.165) is 25.2 Å². The largest absolute Gasteiger partial charge is 0.389 e. The van der Waals surface area contributed by atoms with Gasteiger partial charge in [-0.15, -0.1) is 0 Å². The summed E-state index contributed by atoms with van der Waals surface area (Å²) in [6.45, 7) is 13.1. The Morgan fingerprint density at radius 3 is 2.35 bits per heavy atom. The van der Waals surface area contributed by atoms with E-state index in [0.29, 0.717) is 18.4 Å². The van der Waals surface area contributed by atoms with Crippen molar-refractivity contribution >= 4 is 5.95 Å². The van der Waals surface area contributed by atoms with Gasteiger partial charge in [0.2, 0.25) is 5.95 Å². The zero-order chi connectivity index (χ0) is 15.2. The van der Waals surface area contributed by atoms with Crippen LogP contribution in [0.4, 0.5) is 5.95 Å². The van der Waals surface area contributed by atoms with Crippen molar-refractivity contribution in [1.29, 1.82) is 0 Å². The maximum atomic E-state index is 9.90. The van der Waals surface area contributed by atoms with E-state index in [1.807, 2.05) is 24.2 Å². The van der Waals surface area contributed by atoms with Crippen molar-refractivity contribution in [3.05, 3.63) is 18.0 Å². The van der Waals surface area contributed by atoms with E-state index in [2.05, 4.69) is 29.1 Å². The second-order valence-electron chi connectivity index (χ2n) is 6.24. The predicted octanol–water partition coefficient (Wildman–Crippen LogP) is 1.82. The smallest absolute Gasteiger partial charge is 0.225 e. The fourth-order valence-electron chi connectivity index (χ4n) is 1.90. The fraction of sp³-hybridized carbons (Fsp3) is 0.733. The molecule has 0 aromatic carbocycles. The summed E-state index contributed by atoms with van der Waals surface area (Å²) in [7, 11) is 0. The molecule has 0 aliphatic carbocycles. The van der Waals surface area contributed by atoms with Crippen LogP contribution in [0.2, 0.25) is 0 Å². The zero-order valence-corrected chi connectivity index (χ0v) is 13.3. The van der Waals surface area contributed by atoms with Gasteiger partial charge in [-0.2, -0.15) is 0 Å². The first-order chi connectivity index (χ1) is 9.31. The first kappa shape index (κ1) is 16.9. The molecule has 0 radical (unpaired) electrons. The average Bonchev–Trinajstić information content (AvgIpc) is 2.35. The summed E-state index contributed by atoms with van der Waals surface area (Å²) < 4.78 is 0. The molecule has 0 atom stereocenters. The molecule has 114 valence electrons. The standard InChI is InChI=1S/C15H28N4O/c1-6-19(11-15(4,5)20)14-17-9-13(10-18-14)8-16-7-12(2)3/h9-10,12,16,20H,6-8,11H2,1-5H3. The molecule has 0 saturated heterocycles. The predicted molar refractivity (Wildman–Crippen MR) is 82.8 cm³/mol. The van der Waals surface area contributed by atoms with Crippen LogP contribution >= 0.6 is 0 Å². The van der Waals surface area contributed by atoms with Crippen molar-refractivity contribution in [2.45, 2.75) is 46.8 Å². The molecule has 0 fully saturated rings. The van der Waals surface area contributed by atoms with Crippen molar-refractivity contribution in [2.75, 3.05) is 24.5 Å². The summed E-state index contributed by atoms with van der Waals surface area (Å²) in [5, 5.41) is 13.3. The third-order valence-corrected chi connectivity index (χ3v) is 2.82. The topological polar surface area (TPSA) is 61.3 Å². The van der Waals surface area contributed by atoms with Crippen LogP contribution in [0.5, 0.6) is 0 Å². The highest BCUT2D eigenvalue weighted by Crippen LogP contribution is 2.12. The highest BCUT2D eigenvalue weighted by Gasteiger charge is 2.19. The zero-order valence-electron chi connectivity index (χ0n) is 13.3. The second kappa shape index (κ2) is 7.55. The SMILES string of the molecule is CCN(CC(C)(C)O)c1ncc(CNCC(C)C)cn1. The summed E-state index contributed by atoms with van der Waals surface area (Å²) in [5.74, 6) is 1.31. The molecule has 0 saturated carbocycles. The van der Waals surface area contributed by atoms with Crippen LogP contribution in [0.3, 0.4) is 0 Å². The van der Waals surface area contributed by atoms with Gasteiger partial charge in [0.05, 0.1) is 5.60 Å². The molecule has 1 heterocycles. The van der Waals surface area contributed by atoms with Crippen LogP contribution in [0.1, 0.15) is 40.2 Å². The summed E-state index contributed by atoms with van der Waals surface area (Å²) in [5.41, 5.74) is 0.324. The van der Waals surface area contributed by atoms with E-state index >= 15 is 0 Å². The first-order valence-corrected chi connectivity index (χ1v) is 7.30. The van der Waals surface area contributed by atoms with Crippen molar-refractivity contribution in [3.63, 3.8) is 0 Å². The van der Waals surface area contributed by atoms with Gasteiger partial charge in [0.1, 0.15) is 0 Å². The Bertz CT molecular complexity index is 384. The molecule has 0 bridgehead atoms. The quantitative estimate of drug-likeness (QED) is 0.760. The number of hydrogen-bond acceptors (Lipinski definition) is 5. The van der Waals surface area contributed by atoms with Crippen LogP contribution < -0.4 is 10.2 Å². The van der Waals surface area contributed by atoms with Crippen LogP contribution in [0, 0.1) is 5.92 Å². The van der Waals surface area contributed by atoms with Gasteiger partial charge < -0.3 is 15.3 Å². The Morgan fingerprint density at radius 1 is 1.30 bits per heavy atom. The van der Waals surface area contributed by atoms with Gasteiger partial charge in [-0.3, -0.25) is 0 Å². The van der Waals surface area contributed by atoms with Crippen molar-refractivity contribution in [2.24, 2.45) is 5.92 Å². The molecule has 5 heteroatoms. The number of nitrogens with zero attached hydrogens (tertiary/aromatic N) is 3. The van der Waals surface area contributed by atoms with Crippen LogP contribution in [0.15, 0.2) is 12.4 Å². The van der Waals surface area contributed by atoms with E-state index in [4.69, 9.17) is 0 Å². The number of nitrogens with one attached hydrogen (secondary N) is 1. The monoisotopic (exact) mass is 280 g/mol. The molecular formula is C15H28N4O. The van der Waals surface area contributed by atoms with Gasteiger partial charge in [0.25, 0.3) is 0 Å². The Morgan fingerprint density at radius 2 is 1.90 bits per heavy atom. The maximum absolute atomic E-state index is 9.90. The molecule has 1 aromatic heterocycles. The minimum atomic E-state index is -0.753. The van der Waals surface area contributed by atoms with E-state index in [9.17, 15) is 5.11 Å². The molecule has 1 aromatic rings. The molecule has 0 amide bonds. The average molecular weight is 280 g/mol. The van der Waals surface area contributed by atoms with Crippen molar-refractivity contribution in [1.82, 2.24) is 15.3 Å². The summed E-state index contributed by atoms with van der Waals surface area (Å²) in [6.07, 6.45) is 3.70. The molecule has 1 rings (SSSR count). The molecule has 5 nitrogen and oxygen atoms in total. The van der Waals surface area contributed by atoms with Gasteiger partial charge in [0, 0.05) is 37.6 Å². The lowest BCUT2D eigenvalue weighted by Crippen LogP contribution is -2.39. The number of hydrogen-bond donors (Lipinski definition) is 2. The summed E-state index contributed by atoms with van der Waals surface area (Å²) in [6, 6.07) is 0. The number of anilines is 1. The normalized spacial score (nSPS) is 11.9. The summed E-state index contributed by atoms with van der Waals surface area (Å²) in [4.78, 5) is 10.8. The van der Waals surface area contributed by atoms with Crippen LogP contribution in [0.25, 0.3) is 0 Å². The van der Waals surface area contributed by atoms with E-state index < -0.39 is 5.60 Å². The van der Waals surface area contributed by atoms with E-state index in [1.54, 1.807) is 13.8 Å². The van der Waals surface area contributed by atoms with Gasteiger partial charge in [-0.1, -0.05) is 13.8 Å². The second-order valence-corrected chi connectivity index (χ2v) is 6.24. The molecule has 0 aliphatic heterocycles. The fourth-order valence-corrected chi connectivity index (χ4v) is 1.90. The minimum Gasteiger partial charge on any atom is -0.389 e. The Balaban J connectivity index is 2.60. The van der Waals surface area contributed by atoms with E-state index in [1.165, 1.54) is 0 Å². The molecule has 2 N–H and O–H groups in total. The highest BCUT2D eigenvalue weighted by atomic mass is 16.3. The minimum absolute atomic E-state index is 0.522. The van der Waals surface area contributed by atoms with Gasteiger partial charge in [-0.05, 0) is 33.2 Å². The van der Waals surface area contributed by atoms with Gasteiger partial charge >= 0.3 is 0 Å². The molecule has 0 aliphatic rings.